The number of piperidine rings is 1. The molecule has 2 rings (SSSR count). The van der Waals surface area contributed by atoms with Crippen molar-refractivity contribution in [1.82, 2.24) is 10.6 Å². The Morgan fingerprint density at radius 2 is 2.04 bits per heavy atom. The minimum absolute atomic E-state index is 0.327. The highest BCUT2D eigenvalue weighted by atomic mass is 16.6. The van der Waals surface area contributed by atoms with E-state index in [2.05, 4.69) is 34.9 Å². The van der Waals surface area contributed by atoms with Crippen LogP contribution in [0.5, 0.6) is 0 Å². The normalized spacial score (nSPS) is 19.9. The zero-order chi connectivity index (χ0) is 16.7. The second kappa shape index (κ2) is 8.34. The minimum atomic E-state index is -0.456. The summed E-state index contributed by atoms with van der Waals surface area (Å²) in [7, 11) is 0. The maximum atomic E-state index is 11.9. The van der Waals surface area contributed by atoms with Crippen molar-refractivity contribution in [3.63, 3.8) is 0 Å². The Labute approximate surface area is 140 Å². The van der Waals surface area contributed by atoms with Crippen molar-refractivity contribution >= 4 is 6.09 Å². The van der Waals surface area contributed by atoms with E-state index >= 15 is 0 Å². The Kier molecular flexibility index (Phi) is 6.46. The standard InChI is InChI=1S/C19H30N2O2/c1-19(2,3)23-18(22)21-14-16(17-11-7-8-12-20-17)13-15-9-5-4-6-10-15/h4-6,9-10,16-17,20H,7-8,11-14H2,1-3H3,(H,21,22)/t16-,17+/m1/s1. The van der Waals surface area contributed by atoms with Gasteiger partial charge in [0.25, 0.3) is 0 Å². The van der Waals surface area contributed by atoms with Gasteiger partial charge in [0, 0.05) is 12.6 Å². The lowest BCUT2D eigenvalue weighted by molar-refractivity contribution is 0.0514. The summed E-state index contributed by atoms with van der Waals surface area (Å²) in [6.45, 7) is 7.37. The van der Waals surface area contributed by atoms with E-state index in [1.165, 1.54) is 24.8 Å². The van der Waals surface area contributed by atoms with E-state index in [1.54, 1.807) is 0 Å². The second-order valence-corrected chi connectivity index (χ2v) is 7.39. The lowest BCUT2D eigenvalue weighted by atomic mass is 9.87. The maximum absolute atomic E-state index is 11.9. The largest absolute Gasteiger partial charge is 0.444 e. The Bertz CT molecular complexity index is 476. The van der Waals surface area contributed by atoms with Crippen LogP contribution in [0.4, 0.5) is 4.79 Å². The van der Waals surface area contributed by atoms with E-state index in [1.807, 2.05) is 26.8 Å². The van der Waals surface area contributed by atoms with Gasteiger partial charge in [-0.3, -0.25) is 0 Å². The fraction of sp³-hybridized carbons (Fsp3) is 0.632. The van der Waals surface area contributed by atoms with Gasteiger partial charge in [0.05, 0.1) is 0 Å². The molecule has 0 aliphatic carbocycles. The third-order valence-corrected chi connectivity index (χ3v) is 4.17. The van der Waals surface area contributed by atoms with Crippen LogP contribution in [0.1, 0.15) is 45.6 Å². The minimum Gasteiger partial charge on any atom is -0.444 e. The number of carbonyl (C=O) groups is 1. The van der Waals surface area contributed by atoms with E-state index in [-0.39, 0.29) is 6.09 Å². The molecule has 1 aromatic carbocycles. The molecular formula is C19H30N2O2. The van der Waals surface area contributed by atoms with E-state index in [0.717, 1.165) is 13.0 Å². The predicted molar refractivity (Wildman–Crippen MR) is 93.5 cm³/mol. The third kappa shape index (κ3) is 6.61. The van der Waals surface area contributed by atoms with Crippen LogP contribution >= 0.6 is 0 Å². The molecule has 23 heavy (non-hydrogen) atoms. The fourth-order valence-corrected chi connectivity index (χ4v) is 3.08. The average Bonchev–Trinajstić information content (AvgIpc) is 2.51. The Morgan fingerprint density at radius 3 is 2.65 bits per heavy atom. The van der Waals surface area contributed by atoms with Crippen molar-refractivity contribution in [2.45, 2.75) is 58.1 Å². The Morgan fingerprint density at radius 1 is 1.30 bits per heavy atom. The summed E-state index contributed by atoms with van der Waals surface area (Å²) in [5.74, 6) is 0.380. The first-order chi connectivity index (χ1) is 10.9. The first kappa shape index (κ1) is 17.8. The summed E-state index contributed by atoms with van der Waals surface area (Å²) in [6.07, 6.45) is 4.32. The number of hydrogen-bond donors (Lipinski definition) is 2. The molecule has 2 atom stereocenters. The molecule has 0 aromatic heterocycles. The molecule has 2 N–H and O–H groups in total. The van der Waals surface area contributed by atoms with Gasteiger partial charge in [-0.15, -0.1) is 0 Å². The summed E-state index contributed by atoms with van der Waals surface area (Å²) < 4.78 is 5.36. The maximum Gasteiger partial charge on any atom is 0.407 e. The molecule has 1 aliphatic rings. The molecule has 128 valence electrons. The van der Waals surface area contributed by atoms with Crippen LogP contribution in [0.2, 0.25) is 0 Å². The lowest BCUT2D eigenvalue weighted by Crippen LogP contribution is -2.46. The lowest BCUT2D eigenvalue weighted by Gasteiger charge is -2.32. The highest BCUT2D eigenvalue weighted by Gasteiger charge is 2.25. The number of amides is 1. The molecule has 1 saturated heterocycles. The number of nitrogens with one attached hydrogen (secondary N) is 2. The van der Waals surface area contributed by atoms with E-state index < -0.39 is 5.60 Å². The first-order valence-electron chi connectivity index (χ1n) is 8.68. The predicted octanol–water partition coefficient (Wildman–Crippen LogP) is 3.51. The van der Waals surface area contributed by atoms with Crippen molar-refractivity contribution < 1.29 is 9.53 Å². The zero-order valence-corrected chi connectivity index (χ0v) is 14.6. The molecule has 1 aromatic rings. The van der Waals surface area contributed by atoms with Crippen LogP contribution in [0, 0.1) is 5.92 Å². The molecular weight excluding hydrogens is 288 g/mol. The number of carbonyl (C=O) groups excluding carboxylic acids is 1. The van der Waals surface area contributed by atoms with Gasteiger partial charge < -0.3 is 15.4 Å². The summed E-state index contributed by atoms with van der Waals surface area (Å²) in [4.78, 5) is 11.9. The summed E-state index contributed by atoms with van der Waals surface area (Å²) in [5, 5.41) is 6.57. The molecule has 4 heteroatoms. The molecule has 0 radical (unpaired) electrons. The number of hydrogen-bond acceptors (Lipinski definition) is 3. The van der Waals surface area contributed by atoms with Gasteiger partial charge in [-0.2, -0.15) is 0 Å². The van der Waals surface area contributed by atoms with Crippen LogP contribution in [-0.2, 0) is 11.2 Å². The molecule has 1 fully saturated rings. The first-order valence-corrected chi connectivity index (χ1v) is 8.68. The summed E-state index contributed by atoms with van der Waals surface area (Å²) in [6, 6.07) is 11.0. The molecule has 0 unspecified atom stereocenters. The smallest absolute Gasteiger partial charge is 0.407 e. The van der Waals surface area contributed by atoms with Crippen LogP contribution in [0.3, 0.4) is 0 Å². The van der Waals surface area contributed by atoms with Crippen LogP contribution in [0.15, 0.2) is 30.3 Å². The van der Waals surface area contributed by atoms with E-state index in [4.69, 9.17) is 4.74 Å². The highest BCUT2D eigenvalue weighted by Crippen LogP contribution is 2.19. The Balaban J connectivity index is 1.94. The highest BCUT2D eigenvalue weighted by molar-refractivity contribution is 5.67. The Hall–Kier alpha value is -1.55. The third-order valence-electron chi connectivity index (χ3n) is 4.17. The number of benzene rings is 1. The van der Waals surface area contributed by atoms with Crippen LogP contribution in [-0.4, -0.2) is 30.8 Å². The fourth-order valence-electron chi connectivity index (χ4n) is 3.08. The molecule has 4 nitrogen and oxygen atoms in total. The summed E-state index contributed by atoms with van der Waals surface area (Å²) in [5.41, 5.74) is 0.859. The van der Waals surface area contributed by atoms with Gasteiger partial charge in [-0.05, 0) is 58.1 Å². The summed E-state index contributed by atoms with van der Waals surface area (Å²) >= 11 is 0. The monoisotopic (exact) mass is 318 g/mol. The van der Waals surface area contributed by atoms with Crippen molar-refractivity contribution in [2.24, 2.45) is 5.92 Å². The average molecular weight is 318 g/mol. The van der Waals surface area contributed by atoms with Crippen molar-refractivity contribution in [3.8, 4) is 0 Å². The zero-order valence-electron chi connectivity index (χ0n) is 14.6. The molecule has 1 amide bonds. The van der Waals surface area contributed by atoms with Crippen molar-refractivity contribution in [2.75, 3.05) is 13.1 Å². The number of rotatable bonds is 5. The van der Waals surface area contributed by atoms with Crippen molar-refractivity contribution in [3.05, 3.63) is 35.9 Å². The van der Waals surface area contributed by atoms with Gasteiger partial charge in [0.2, 0.25) is 0 Å². The van der Waals surface area contributed by atoms with Gasteiger partial charge in [0.15, 0.2) is 0 Å². The number of alkyl carbamates (subject to hydrolysis) is 1. The molecule has 0 spiro atoms. The molecule has 0 bridgehead atoms. The van der Waals surface area contributed by atoms with Crippen molar-refractivity contribution in [1.29, 1.82) is 0 Å². The molecule has 1 heterocycles. The van der Waals surface area contributed by atoms with Gasteiger partial charge >= 0.3 is 6.09 Å². The van der Waals surface area contributed by atoms with Gasteiger partial charge in [0.1, 0.15) is 5.60 Å². The SMILES string of the molecule is CC(C)(C)OC(=O)NC[C@@H](Cc1ccccc1)[C@@H]1CCCCN1. The van der Waals surface area contributed by atoms with Crippen LogP contribution < -0.4 is 10.6 Å². The van der Waals surface area contributed by atoms with Gasteiger partial charge in [-0.1, -0.05) is 36.8 Å². The van der Waals surface area contributed by atoms with Crippen LogP contribution in [0.25, 0.3) is 0 Å². The van der Waals surface area contributed by atoms with E-state index in [0.29, 0.717) is 18.5 Å². The number of ether oxygens (including phenoxy) is 1. The quantitative estimate of drug-likeness (QED) is 0.873. The van der Waals surface area contributed by atoms with E-state index in [9.17, 15) is 4.79 Å². The molecule has 0 saturated carbocycles. The second-order valence-electron chi connectivity index (χ2n) is 7.39. The molecule has 1 aliphatic heterocycles. The van der Waals surface area contributed by atoms with Gasteiger partial charge in [-0.25, -0.2) is 4.79 Å². The topological polar surface area (TPSA) is 50.4 Å².